The fraction of sp³-hybridized carbons (Fsp3) is 0.500. The van der Waals surface area contributed by atoms with Crippen molar-refractivity contribution in [1.82, 2.24) is 0 Å². The van der Waals surface area contributed by atoms with Crippen molar-refractivity contribution >= 4 is 12.6 Å². The average molecular weight is 88.2 g/mol. The van der Waals surface area contributed by atoms with Gasteiger partial charge in [0, 0.05) is 0 Å². The Morgan fingerprint density at radius 2 is 1.80 bits per heavy atom. The van der Waals surface area contributed by atoms with Gasteiger partial charge in [0.25, 0.3) is 0 Å². The summed E-state index contributed by atoms with van der Waals surface area (Å²) in [5.74, 6) is 0. The molecule has 0 aliphatic rings. The molecule has 0 saturated carbocycles. The van der Waals surface area contributed by atoms with E-state index in [4.69, 9.17) is 0 Å². The van der Waals surface area contributed by atoms with Gasteiger partial charge in [-0.05, 0) is 19.3 Å². The molecule has 30 valence electrons. The topological polar surface area (TPSA) is 0 Å². The van der Waals surface area contributed by atoms with E-state index in [2.05, 4.69) is 12.6 Å². The van der Waals surface area contributed by atoms with Crippen LogP contribution in [-0.4, -0.2) is 0 Å². The molecular formula is C4H8S. The Morgan fingerprint density at radius 3 is 1.80 bits per heavy atom. The van der Waals surface area contributed by atoms with Crippen LogP contribution in [0.2, 0.25) is 0 Å². The zero-order chi connectivity index (χ0) is 4.28. The molecule has 0 saturated heterocycles. The zero-order valence-electron chi connectivity index (χ0n) is 3.52. The Morgan fingerprint density at radius 1 is 1.60 bits per heavy atom. The van der Waals surface area contributed by atoms with E-state index in [1.54, 1.807) is 5.41 Å². The predicted molar refractivity (Wildman–Crippen MR) is 28.4 cm³/mol. The molecule has 0 aromatic rings. The molecule has 1 heteroatoms. The first-order valence-electron chi connectivity index (χ1n) is 1.55. The van der Waals surface area contributed by atoms with Crippen molar-refractivity contribution in [2.75, 3.05) is 0 Å². The number of rotatable bonds is 0. The van der Waals surface area contributed by atoms with Gasteiger partial charge in [-0.1, -0.05) is 5.57 Å². The minimum Gasteiger partial charge on any atom is -0.151 e. The quantitative estimate of drug-likeness (QED) is 0.429. The van der Waals surface area contributed by atoms with Crippen LogP contribution in [0.15, 0.2) is 11.0 Å². The Hall–Kier alpha value is 0.0900. The van der Waals surface area contributed by atoms with E-state index in [0.717, 1.165) is 0 Å². The van der Waals surface area contributed by atoms with Crippen molar-refractivity contribution in [3.63, 3.8) is 0 Å². The van der Waals surface area contributed by atoms with Crippen LogP contribution in [0.25, 0.3) is 0 Å². The number of hydrogen-bond acceptors (Lipinski definition) is 1. The van der Waals surface area contributed by atoms with Crippen molar-refractivity contribution in [2.24, 2.45) is 0 Å². The SMILES string of the molecule is CC(C)=CS. The summed E-state index contributed by atoms with van der Waals surface area (Å²) < 4.78 is 0. The number of allylic oxidation sites excluding steroid dienone is 1. The summed E-state index contributed by atoms with van der Waals surface area (Å²) in [5, 5.41) is 1.78. The van der Waals surface area contributed by atoms with Gasteiger partial charge in [0.15, 0.2) is 0 Å². The standard InChI is InChI=1S/C4H8S/c1-4(2)3-5/h3,5H,1-2H3. The third-order valence-electron chi connectivity index (χ3n) is 0.258. The lowest BCUT2D eigenvalue weighted by atomic mass is 10.4. The minimum absolute atomic E-state index is 1.24. The van der Waals surface area contributed by atoms with Crippen LogP contribution in [0.4, 0.5) is 0 Å². The van der Waals surface area contributed by atoms with Crippen LogP contribution in [-0.2, 0) is 0 Å². The van der Waals surface area contributed by atoms with Gasteiger partial charge in [-0.25, -0.2) is 0 Å². The van der Waals surface area contributed by atoms with Gasteiger partial charge in [0.05, 0.1) is 0 Å². The highest BCUT2D eigenvalue weighted by atomic mass is 32.1. The summed E-state index contributed by atoms with van der Waals surface area (Å²) >= 11 is 3.85. The van der Waals surface area contributed by atoms with E-state index in [1.165, 1.54) is 5.57 Å². The van der Waals surface area contributed by atoms with Crippen LogP contribution < -0.4 is 0 Å². The molecule has 0 aromatic carbocycles. The van der Waals surface area contributed by atoms with Crippen LogP contribution in [0.1, 0.15) is 13.8 Å². The maximum absolute atomic E-state index is 3.85. The van der Waals surface area contributed by atoms with Crippen molar-refractivity contribution in [2.45, 2.75) is 13.8 Å². The Bertz CT molecular complexity index is 41.6. The molecular weight excluding hydrogens is 80.1 g/mol. The molecule has 0 amide bonds. The molecule has 0 nitrogen and oxygen atoms in total. The second-order valence-corrected chi connectivity index (χ2v) is 1.46. The van der Waals surface area contributed by atoms with E-state index >= 15 is 0 Å². The van der Waals surface area contributed by atoms with E-state index < -0.39 is 0 Å². The van der Waals surface area contributed by atoms with Gasteiger partial charge in [-0.15, -0.1) is 0 Å². The maximum atomic E-state index is 3.85. The molecule has 0 bridgehead atoms. The number of thiol groups is 1. The van der Waals surface area contributed by atoms with Crippen molar-refractivity contribution < 1.29 is 0 Å². The third kappa shape index (κ3) is 4.09. The summed E-state index contributed by atoms with van der Waals surface area (Å²) in [7, 11) is 0. The summed E-state index contributed by atoms with van der Waals surface area (Å²) in [6.45, 7) is 4.01. The molecule has 0 fully saturated rings. The Kier molecular flexibility index (Phi) is 2.38. The fourth-order valence-corrected chi connectivity index (χ4v) is 0. The molecule has 0 rings (SSSR count). The Balaban J connectivity index is 3.14. The highest BCUT2D eigenvalue weighted by Gasteiger charge is 1.61. The Labute approximate surface area is 38.3 Å². The lowest BCUT2D eigenvalue weighted by Gasteiger charge is -1.73. The third-order valence-corrected chi connectivity index (χ3v) is 0.775. The minimum atomic E-state index is 1.24. The highest BCUT2D eigenvalue weighted by Crippen LogP contribution is 1.87. The molecule has 0 heterocycles. The molecule has 5 heavy (non-hydrogen) atoms. The van der Waals surface area contributed by atoms with Gasteiger partial charge in [0.2, 0.25) is 0 Å². The second-order valence-electron chi connectivity index (χ2n) is 1.21. The molecule has 0 unspecified atom stereocenters. The fourth-order valence-electron chi connectivity index (χ4n) is 0. The summed E-state index contributed by atoms with van der Waals surface area (Å²) in [6.07, 6.45) is 0. The first kappa shape index (κ1) is 5.09. The van der Waals surface area contributed by atoms with Crippen molar-refractivity contribution in [3.8, 4) is 0 Å². The smallest absolute Gasteiger partial charge is 0.0338 e. The van der Waals surface area contributed by atoms with Gasteiger partial charge in [-0.2, -0.15) is 12.6 Å². The predicted octanol–water partition coefficient (Wildman–Crippen LogP) is 1.84. The van der Waals surface area contributed by atoms with Crippen LogP contribution >= 0.6 is 12.6 Å². The van der Waals surface area contributed by atoms with Gasteiger partial charge in [-0.3, -0.25) is 0 Å². The van der Waals surface area contributed by atoms with Crippen LogP contribution in [0.5, 0.6) is 0 Å². The first-order chi connectivity index (χ1) is 2.27. The van der Waals surface area contributed by atoms with Crippen molar-refractivity contribution in [1.29, 1.82) is 0 Å². The second kappa shape index (κ2) is 2.33. The molecule has 0 atom stereocenters. The monoisotopic (exact) mass is 88.0 g/mol. The normalized spacial score (nSPS) is 7.00. The average Bonchev–Trinajstić information content (AvgIpc) is 1.38. The van der Waals surface area contributed by atoms with E-state index in [0.29, 0.717) is 0 Å². The molecule has 0 spiro atoms. The maximum Gasteiger partial charge on any atom is -0.0338 e. The highest BCUT2D eigenvalue weighted by molar-refractivity contribution is 7.83. The lowest BCUT2D eigenvalue weighted by molar-refractivity contribution is 1.42. The molecule has 0 aromatic heterocycles. The van der Waals surface area contributed by atoms with Gasteiger partial charge in [0.1, 0.15) is 0 Å². The van der Waals surface area contributed by atoms with Crippen LogP contribution in [0.3, 0.4) is 0 Å². The number of hydrogen-bond donors (Lipinski definition) is 1. The molecule has 0 radical (unpaired) electrons. The van der Waals surface area contributed by atoms with Crippen molar-refractivity contribution in [3.05, 3.63) is 11.0 Å². The van der Waals surface area contributed by atoms with E-state index in [9.17, 15) is 0 Å². The summed E-state index contributed by atoms with van der Waals surface area (Å²) in [4.78, 5) is 0. The van der Waals surface area contributed by atoms with E-state index in [1.807, 2.05) is 13.8 Å². The molecule has 0 N–H and O–H groups in total. The molecule has 0 aliphatic carbocycles. The van der Waals surface area contributed by atoms with E-state index in [-0.39, 0.29) is 0 Å². The van der Waals surface area contributed by atoms with Gasteiger partial charge >= 0.3 is 0 Å². The largest absolute Gasteiger partial charge is 0.151 e. The van der Waals surface area contributed by atoms with Gasteiger partial charge < -0.3 is 0 Å². The first-order valence-corrected chi connectivity index (χ1v) is 2.06. The summed E-state index contributed by atoms with van der Waals surface area (Å²) in [6, 6.07) is 0. The van der Waals surface area contributed by atoms with Crippen LogP contribution in [0, 0.1) is 0 Å². The molecule has 0 aliphatic heterocycles. The lowest BCUT2D eigenvalue weighted by Crippen LogP contribution is -1.49. The summed E-state index contributed by atoms with van der Waals surface area (Å²) in [5.41, 5.74) is 1.24. The zero-order valence-corrected chi connectivity index (χ0v) is 4.42.